The van der Waals surface area contributed by atoms with E-state index in [9.17, 15) is 4.79 Å². The lowest BCUT2D eigenvalue weighted by Crippen LogP contribution is -2.29. The summed E-state index contributed by atoms with van der Waals surface area (Å²) in [5.41, 5.74) is 0.909. The molecule has 104 valence electrons. The fraction of sp³-hybridized carbons (Fsp3) is 0.692. The average Bonchev–Trinajstić information content (AvgIpc) is 3.05. The van der Waals surface area contributed by atoms with Crippen LogP contribution < -0.4 is 4.90 Å². The van der Waals surface area contributed by atoms with Gasteiger partial charge in [-0.2, -0.15) is 5.10 Å². The topological polar surface area (TPSA) is 47.4 Å². The highest BCUT2D eigenvalue weighted by Crippen LogP contribution is 2.35. The van der Waals surface area contributed by atoms with Crippen molar-refractivity contribution in [3.8, 4) is 0 Å². The number of thioether (sulfide) groups is 1. The minimum atomic E-state index is 0.0781. The molecule has 2 saturated heterocycles. The first-order valence-corrected chi connectivity index (χ1v) is 7.66. The number of carbonyl (C=O) groups is 1. The summed E-state index contributed by atoms with van der Waals surface area (Å²) < 4.78 is 7.30. The van der Waals surface area contributed by atoms with Crippen molar-refractivity contribution in [3.05, 3.63) is 12.4 Å². The number of aryl methyl sites for hydroxylation is 1. The second kappa shape index (κ2) is 5.17. The van der Waals surface area contributed by atoms with E-state index in [-0.39, 0.29) is 17.3 Å². The maximum atomic E-state index is 12.4. The zero-order valence-electron chi connectivity index (χ0n) is 11.3. The molecule has 0 bridgehead atoms. The van der Waals surface area contributed by atoms with Crippen molar-refractivity contribution in [3.63, 3.8) is 0 Å². The molecule has 5 nitrogen and oxygen atoms in total. The summed E-state index contributed by atoms with van der Waals surface area (Å²) in [7, 11) is 1.87. The first-order chi connectivity index (χ1) is 9.15. The van der Waals surface area contributed by atoms with Gasteiger partial charge in [0.05, 0.1) is 23.2 Å². The molecule has 3 rings (SSSR count). The molecule has 19 heavy (non-hydrogen) atoms. The number of ether oxygens (including phenoxy) is 1. The number of nitrogens with zero attached hydrogens (tertiary/aromatic N) is 3. The standard InChI is InChI=1S/C13H19N3O2S/c1-9-11(4-6-18-9)19-12-3-5-16(13(12)17)10-7-14-15(2)8-10/h7-9,11-12H,3-6H2,1-2H3. The number of amides is 1. The lowest BCUT2D eigenvalue weighted by Gasteiger charge is -2.18. The van der Waals surface area contributed by atoms with Crippen LogP contribution >= 0.6 is 11.8 Å². The lowest BCUT2D eigenvalue weighted by atomic mass is 10.3. The van der Waals surface area contributed by atoms with Crippen LogP contribution in [-0.4, -0.2) is 45.4 Å². The third-order valence-electron chi connectivity index (χ3n) is 3.81. The number of hydrogen-bond acceptors (Lipinski definition) is 4. The van der Waals surface area contributed by atoms with Gasteiger partial charge < -0.3 is 9.64 Å². The third kappa shape index (κ3) is 2.51. The van der Waals surface area contributed by atoms with Crippen molar-refractivity contribution in [2.24, 2.45) is 7.05 Å². The van der Waals surface area contributed by atoms with Crippen molar-refractivity contribution in [1.29, 1.82) is 0 Å². The molecule has 3 atom stereocenters. The van der Waals surface area contributed by atoms with Crippen LogP contribution in [0.2, 0.25) is 0 Å². The largest absolute Gasteiger partial charge is 0.377 e. The molecule has 2 aliphatic rings. The van der Waals surface area contributed by atoms with E-state index in [0.717, 1.165) is 31.7 Å². The first kappa shape index (κ1) is 13.0. The Bertz CT molecular complexity index is 476. The molecule has 1 aromatic rings. The summed E-state index contributed by atoms with van der Waals surface area (Å²) >= 11 is 1.79. The molecule has 0 spiro atoms. The van der Waals surface area contributed by atoms with Gasteiger partial charge in [-0.3, -0.25) is 9.48 Å². The Morgan fingerprint density at radius 2 is 2.32 bits per heavy atom. The molecule has 2 aliphatic heterocycles. The van der Waals surface area contributed by atoms with Gasteiger partial charge in [0.25, 0.3) is 0 Å². The summed E-state index contributed by atoms with van der Waals surface area (Å²) in [6.07, 6.45) is 5.90. The smallest absolute Gasteiger partial charge is 0.240 e. The zero-order valence-corrected chi connectivity index (χ0v) is 12.1. The van der Waals surface area contributed by atoms with Crippen LogP contribution in [-0.2, 0) is 16.6 Å². The minimum absolute atomic E-state index is 0.0781. The Morgan fingerprint density at radius 1 is 1.47 bits per heavy atom. The van der Waals surface area contributed by atoms with E-state index in [1.165, 1.54) is 0 Å². The molecule has 0 aliphatic carbocycles. The van der Waals surface area contributed by atoms with E-state index in [2.05, 4.69) is 12.0 Å². The van der Waals surface area contributed by atoms with Crippen LogP contribution in [0.15, 0.2) is 12.4 Å². The Kier molecular flexibility index (Phi) is 3.54. The number of hydrogen-bond donors (Lipinski definition) is 0. The predicted octanol–water partition coefficient (Wildman–Crippen LogP) is 1.44. The van der Waals surface area contributed by atoms with Gasteiger partial charge in [-0.1, -0.05) is 0 Å². The van der Waals surface area contributed by atoms with Crippen LogP contribution in [0.1, 0.15) is 19.8 Å². The Morgan fingerprint density at radius 3 is 2.95 bits per heavy atom. The molecule has 3 heterocycles. The molecule has 6 heteroatoms. The normalized spacial score (nSPS) is 31.4. The van der Waals surface area contributed by atoms with E-state index in [4.69, 9.17) is 4.74 Å². The molecule has 0 N–H and O–H groups in total. The Labute approximate surface area is 117 Å². The van der Waals surface area contributed by atoms with Crippen LogP contribution in [0.5, 0.6) is 0 Å². The highest BCUT2D eigenvalue weighted by molar-refractivity contribution is 8.01. The Hall–Kier alpha value is -1.01. The summed E-state index contributed by atoms with van der Waals surface area (Å²) in [5.74, 6) is 0.220. The average molecular weight is 281 g/mol. The molecular weight excluding hydrogens is 262 g/mol. The van der Waals surface area contributed by atoms with Gasteiger partial charge in [-0.15, -0.1) is 11.8 Å². The second-order valence-corrected chi connectivity index (χ2v) is 6.63. The highest BCUT2D eigenvalue weighted by Gasteiger charge is 2.37. The van der Waals surface area contributed by atoms with Crippen LogP contribution in [0.3, 0.4) is 0 Å². The van der Waals surface area contributed by atoms with Crippen molar-refractivity contribution < 1.29 is 9.53 Å². The molecule has 1 amide bonds. The van der Waals surface area contributed by atoms with Gasteiger partial charge in [-0.25, -0.2) is 0 Å². The number of rotatable bonds is 3. The van der Waals surface area contributed by atoms with Gasteiger partial charge in [0.1, 0.15) is 0 Å². The Balaban J connectivity index is 1.65. The predicted molar refractivity (Wildman–Crippen MR) is 75.4 cm³/mol. The highest BCUT2D eigenvalue weighted by atomic mass is 32.2. The minimum Gasteiger partial charge on any atom is -0.377 e. The first-order valence-electron chi connectivity index (χ1n) is 6.72. The van der Waals surface area contributed by atoms with Crippen molar-refractivity contribution in [1.82, 2.24) is 9.78 Å². The van der Waals surface area contributed by atoms with E-state index < -0.39 is 0 Å². The van der Waals surface area contributed by atoms with Gasteiger partial charge in [0.2, 0.25) is 5.91 Å². The quantitative estimate of drug-likeness (QED) is 0.841. The zero-order chi connectivity index (χ0) is 13.4. The summed E-state index contributed by atoms with van der Waals surface area (Å²) in [6, 6.07) is 0. The van der Waals surface area contributed by atoms with E-state index in [0.29, 0.717) is 5.25 Å². The molecule has 2 fully saturated rings. The molecule has 1 aromatic heterocycles. The second-order valence-electron chi connectivity index (χ2n) is 5.18. The number of anilines is 1. The number of carbonyl (C=O) groups excluding carboxylic acids is 1. The van der Waals surface area contributed by atoms with Crippen molar-refractivity contribution >= 4 is 23.4 Å². The SMILES string of the molecule is CC1OCCC1SC1CCN(c2cnn(C)c2)C1=O. The van der Waals surface area contributed by atoms with Crippen molar-refractivity contribution in [2.75, 3.05) is 18.1 Å². The van der Waals surface area contributed by atoms with Crippen molar-refractivity contribution in [2.45, 2.75) is 36.4 Å². The van der Waals surface area contributed by atoms with E-state index >= 15 is 0 Å². The van der Waals surface area contributed by atoms with E-state index in [1.807, 2.05) is 18.1 Å². The fourth-order valence-electron chi connectivity index (χ4n) is 2.69. The molecule has 0 saturated carbocycles. The van der Waals surface area contributed by atoms with Crippen LogP contribution in [0, 0.1) is 0 Å². The molecule has 0 radical (unpaired) electrons. The molecule has 0 aromatic carbocycles. The summed E-state index contributed by atoms with van der Waals surface area (Å²) in [6.45, 7) is 3.72. The maximum Gasteiger partial charge on any atom is 0.240 e. The monoisotopic (exact) mass is 281 g/mol. The van der Waals surface area contributed by atoms with E-state index in [1.54, 1.807) is 22.6 Å². The number of aromatic nitrogens is 2. The van der Waals surface area contributed by atoms with Gasteiger partial charge in [0, 0.05) is 31.6 Å². The van der Waals surface area contributed by atoms with Gasteiger partial charge in [-0.05, 0) is 19.8 Å². The maximum absolute atomic E-state index is 12.4. The van der Waals surface area contributed by atoms with Crippen LogP contribution in [0.4, 0.5) is 5.69 Å². The molecular formula is C13H19N3O2S. The third-order valence-corrected chi connectivity index (χ3v) is 5.54. The van der Waals surface area contributed by atoms with Crippen LogP contribution in [0.25, 0.3) is 0 Å². The fourth-order valence-corrected chi connectivity index (χ4v) is 4.13. The van der Waals surface area contributed by atoms with Gasteiger partial charge >= 0.3 is 0 Å². The summed E-state index contributed by atoms with van der Waals surface area (Å²) in [4.78, 5) is 14.3. The summed E-state index contributed by atoms with van der Waals surface area (Å²) in [5, 5.41) is 4.67. The van der Waals surface area contributed by atoms with Gasteiger partial charge in [0.15, 0.2) is 0 Å². The molecule has 3 unspecified atom stereocenters. The lowest BCUT2D eigenvalue weighted by molar-refractivity contribution is -0.116.